The Kier molecular flexibility index (Phi) is 7.14. The molecule has 0 atom stereocenters. The van der Waals surface area contributed by atoms with Crippen LogP contribution in [-0.2, 0) is 26.8 Å². The van der Waals surface area contributed by atoms with E-state index in [1.54, 1.807) is 6.08 Å². The molecule has 0 aromatic heterocycles. The van der Waals surface area contributed by atoms with Crippen LogP contribution in [0.1, 0.15) is 41.5 Å². The summed E-state index contributed by atoms with van der Waals surface area (Å²) in [6, 6.07) is 0. The van der Waals surface area contributed by atoms with E-state index in [1.807, 2.05) is 41.5 Å². The molecular formula is C14H26F3O2PPd. The zero-order chi connectivity index (χ0) is 17.1. The van der Waals surface area contributed by atoms with Gasteiger partial charge in [0.2, 0.25) is 0 Å². The van der Waals surface area contributed by atoms with E-state index in [0.29, 0.717) is 4.89 Å². The van der Waals surface area contributed by atoms with Crippen molar-refractivity contribution in [3.63, 3.8) is 0 Å². The fourth-order valence-corrected chi connectivity index (χ4v) is 16.8. The molecule has 0 bridgehead atoms. The molecule has 0 unspecified atom stereocenters. The van der Waals surface area contributed by atoms with Crippen molar-refractivity contribution in [3.05, 3.63) is 12.7 Å². The van der Waals surface area contributed by atoms with Crippen LogP contribution < -0.4 is 0 Å². The molecule has 0 aliphatic carbocycles. The number of rotatable bonds is 7. The third-order valence-electron chi connectivity index (χ3n) is 3.78. The third-order valence-corrected chi connectivity index (χ3v) is 22.8. The van der Waals surface area contributed by atoms with Crippen molar-refractivity contribution in [3.8, 4) is 0 Å². The Hall–Kier alpha value is 0.0923. The third kappa shape index (κ3) is 3.71. The topological polar surface area (TPSA) is 26.3 Å². The molecule has 0 radical (unpaired) electrons. The van der Waals surface area contributed by atoms with E-state index in [2.05, 4.69) is 6.58 Å². The van der Waals surface area contributed by atoms with Crippen LogP contribution in [0.2, 0.25) is 4.89 Å². The molecule has 0 aliphatic heterocycles. The SMILES string of the molecule is C=C[CH2][Pd][P](OC(=O)C(F)(F)F)(C(C)C)(C(C)C)C(C)C. The average Bonchev–Trinajstić information content (AvgIpc) is 2.31. The van der Waals surface area contributed by atoms with Crippen LogP contribution in [0.4, 0.5) is 13.2 Å². The van der Waals surface area contributed by atoms with Gasteiger partial charge >= 0.3 is 133 Å². The molecule has 0 N–H and O–H groups in total. The molecule has 0 spiro atoms. The monoisotopic (exact) mass is 420 g/mol. The summed E-state index contributed by atoms with van der Waals surface area (Å²) in [6.45, 7) is 14.9. The zero-order valence-electron chi connectivity index (χ0n) is 13.4. The maximum absolute atomic E-state index is 12.8. The van der Waals surface area contributed by atoms with Gasteiger partial charge in [0.05, 0.1) is 0 Å². The van der Waals surface area contributed by atoms with Gasteiger partial charge in [0.15, 0.2) is 0 Å². The molecule has 0 amide bonds. The van der Waals surface area contributed by atoms with E-state index >= 15 is 0 Å². The van der Waals surface area contributed by atoms with Gasteiger partial charge in [-0.2, -0.15) is 0 Å². The van der Waals surface area contributed by atoms with Gasteiger partial charge in [-0.15, -0.1) is 0 Å². The first kappa shape index (κ1) is 21.1. The first-order valence-electron chi connectivity index (χ1n) is 6.83. The first-order chi connectivity index (χ1) is 9.35. The summed E-state index contributed by atoms with van der Waals surface area (Å²) in [5.74, 6) is -2.04. The average molecular weight is 421 g/mol. The fourth-order valence-electron chi connectivity index (χ4n) is 2.86. The second-order valence-electron chi connectivity index (χ2n) is 5.74. The summed E-state index contributed by atoms with van der Waals surface area (Å²) < 4.78 is 43.8. The minimum atomic E-state index is -4.95. The van der Waals surface area contributed by atoms with Gasteiger partial charge in [-0.25, -0.2) is 0 Å². The van der Waals surface area contributed by atoms with E-state index in [-0.39, 0.29) is 34.5 Å². The van der Waals surface area contributed by atoms with Crippen LogP contribution in [0.5, 0.6) is 0 Å². The van der Waals surface area contributed by atoms with Crippen molar-refractivity contribution in [2.24, 2.45) is 0 Å². The molecule has 21 heavy (non-hydrogen) atoms. The number of hydrogen-bond donors (Lipinski definition) is 0. The second-order valence-corrected chi connectivity index (χ2v) is 17.9. The van der Waals surface area contributed by atoms with Gasteiger partial charge in [-0.1, -0.05) is 0 Å². The number of carbonyl (C=O) groups is 1. The first-order valence-corrected chi connectivity index (χ1v) is 12.2. The van der Waals surface area contributed by atoms with E-state index in [9.17, 15) is 18.0 Å². The van der Waals surface area contributed by atoms with Crippen LogP contribution in [0.25, 0.3) is 0 Å². The van der Waals surface area contributed by atoms with E-state index in [1.165, 1.54) is 0 Å². The Morgan fingerprint density at radius 3 is 1.76 bits per heavy atom. The number of alkyl halides is 3. The van der Waals surface area contributed by atoms with Crippen molar-refractivity contribution in [1.82, 2.24) is 0 Å². The van der Waals surface area contributed by atoms with Gasteiger partial charge in [0.25, 0.3) is 0 Å². The molecule has 2 nitrogen and oxygen atoms in total. The molecule has 0 saturated heterocycles. The van der Waals surface area contributed by atoms with E-state index in [0.717, 1.165) is 0 Å². The molecule has 130 valence electrons. The van der Waals surface area contributed by atoms with E-state index in [4.69, 9.17) is 4.52 Å². The molecule has 7 heteroatoms. The summed E-state index contributed by atoms with van der Waals surface area (Å²) in [6.07, 6.45) is -3.26. The predicted molar refractivity (Wildman–Crippen MR) is 79.5 cm³/mol. The molecule has 0 saturated carbocycles. The Morgan fingerprint density at radius 1 is 1.14 bits per heavy atom. The summed E-state index contributed by atoms with van der Waals surface area (Å²) in [4.78, 5) is 12.2. The van der Waals surface area contributed by atoms with Gasteiger partial charge in [-0.3, -0.25) is 0 Å². The summed E-state index contributed by atoms with van der Waals surface area (Å²) >= 11 is -0.0954. The molecule has 0 aliphatic rings. The normalized spacial score (nSPS) is 15.3. The molecule has 0 rings (SSSR count). The standard InChI is InChI=1S/C11H21F3O2P.C3H5.Pd/c1-7(2)17(8(3)4,9(5)6)16-10(15)11(12,13)14;1-3-2;/h7-9H,1-6H3;3H,1-2H2;/q+1;;-1. The van der Waals surface area contributed by atoms with Crippen molar-refractivity contribution in [2.75, 3.05) is 0 Å². The molecule has 0 heterocycles. The van der Waals surface area contributed by atoms with Gasteiger partial charge in [0, 0.05) is 0 Å². The quantitative estimate of drug-likeness (QED) is 0.314. The Morgan fingerprint density at radius 2 is 1.52 bits per heavy atom. The molecular weight excluding hydrogens is 395 g/mol. The predicted octanol–water partition coefficient (Wildman–Crippen LogP) is 5.39. The van der Waals surface area contributed by atoms with Crippen LogP contribution >= 0.6 is 5.02 Å². The fraction of sp³-hybridized carbons (Fsp3) is 0.786. The Balaban J connectivity index is 6.15. The summed E-state index contributed by atoms with van der Waals surface area (Å²) in [5.41, 5.74) is -0.344. The van der Waals surface area contributed by atoms with Gasteiger partial charge in [-0.05, 0) is 0 Å². The number of carbonyl (C=O) groups excluding carboxylic acids is 1. The summed E-state index contributed by atoms with van der Waals surface area (Å²) in [7, 11) is 0. The van der Waals surface area contributed by atoms with Crippen molar-refractivity contribution < 1.29 is 40.0 Å². The van der Waals surface area contributed by atoms with E-state index < -0.39 is 17.2 Å². The zero-order valence-corrected chi connectivity index (χ0v) is 15.9. The molecule has 0 aromatic rings. The number of hydrogen-bond acceptors (Lipinski definition) is 2. The van der Waals surface area contributed by atoms with Crippen molar-refractivity contribution in [1.29, 1.82) is 0 Å². The van der Waals surface area contributed by atoms with Crippen molar-refractivity contribution in [2.45, 2.75) is 69.6 Å². The Bertz CT molecular complexity index is 368. The van der Waals surface area contributed by atoms with Gasteiger partial charge in [0.1, 0.15) is 0 Å². The molecule has 0 fully saturated rings. The Labute approximate surface area is 133 Å². The number of allylic oxidation sites excluding steroid dienone is 1. The van der Waals surface area contributed by atoms with Crippen LogP contribution in [0.3, 0.4) is 0 Å². The second kappa shape index (κ2) is 7.11. The van der Waals surface area contributed by atoms with Crippen LogP contribution in [0.15, 0.2) is 12.7 Å². The van der Waals surface area contributed by atoms with Crippen molar-refractivity contribution >= 4 is 11.0 Å². The molecule has 0 aromatic carbocycles. The van der Waals surface area contributed by atoms with Gasteiger partial charge < -0.3 is 0 Å². The maximum atomic E-state index is 12.8. The summed E-state index contributed by atoms with van der Waals surface area (Å²) in [5, 5.41) is -3.36. The number of halogens is 3. The van der Waals surface area contributed by atoms with Crippen LogP contribution in [0, 0.1) is 0 Å². The minimum absolute atomic E-state index is 0.0954. The van der Waals surface area contributed by atoms with Crippen LogP contribution in [-0.4, -0.2) is 29.1 Å².